The molecule has 8 aromatic rings. The van der Waals surface area contributed by atoms with E-state index in [2.05, 4.69) is 63.5 Å². The fourth-order valence-electron chi connectivity index (χ4n) is 7.71. The molecular weight excluding hydrogens is 1090 g/mol. The minimum atomic E-state index is -3.99. The summed E-state index contributed by atoms with van der Waals surface area (Å²) < 4.78 is 119. The Morgan fingerprint density at radius 3 is 1.19 bits per heavy atom. The molecule has 0 saturated carbocycles. The second kappa shape index (κ2) is 25.8. The summed E-state index contributed by atoms with van der Waals surface area (Å²) in [5.74, 6) is 0.247. The van der Waals surface area contributed by atoms with E-state index in [0.717, 1.165) is 36.2 Å². The molecular formula is C50H54F2N12O10S4. The highest BCUT2D eigenvalue weighted by Crippen LogP contribution is 2.40. The van der Waals surface area contributed by atoms with E-state index in [1.54, 1.807) is 45.5 Å². The van der Waals surface area contributed by atoms with Gasteiger partial charge in [0.15, 0.2) is 76.3 Å². The third kappa shape index (κ3) is 13.1. The van der Waals surface area contributed by atoms with Crippen LogP contribution in [0.25, 0.3) is 33.0 Å². The van der Waals surface area contributed by atoms with E-state index in [0.29, 0.717) is 56.0 Å². The number of rotatable bonds is 24. The van der Waals surface area contributed by atoms with Crippen LogP contribution in [0.15, 0.2) is 97.3 Å². The summed E-state index contributed by atoms with van der Waals surface area (Å²) in [5.41, 5.74) is 2.41. The van der Waals surface area contributed by atoms with Gasteiger partial charge in [-0.2, -0.15) is 0 Å². The van der Waals surface area contributed by atoms with E-state index >= 15 is 0 Å². The molecule has 0 N–H and O–H groups in total. The van der Waals surface area contributed by atoms with Crippen molar-refractivity contribution in [2.45, 2.75) is 61.9 Å². The van der Waals surface area contributed by atoms with Crippen molar-refractivity contribution in [1.29, 1.82) is 0 Å². The lowest BCUT2D eigenvalue weighted by Gasteiger charge is -2.23. The van der Waals surface area contributed by atoms with Crippen molar-refractivity contribution >= 4 is 42.3 Å². The van der Waals surface area contributed by atoms with Gasteiger partial charge in [-0.15, -0.1) is 56.2 Å². The Balaban J connectivity index is 0.000000226. The smallest absolute Gasteiger partial charge is 0.197 e. The zero-order valence-corrected chi connectivity index (χ0v) is 46.7. The fraction of sp³-hybridized carbons (Fsp3) is 0.320. The minimum absolute atomic E-state index is 0.0288. The molecule has 6 heterocycles. The van der Waals surface area contributed by atoms with Gasteiger partial charge in [-0.25, -0.2) is 55.5 Å². The number of halogens is 2. The van der Waals surface area contributed by atoms with Gasteiger partial charge >= 0.3 is 0 Å². The van der Waals surface area contributed by atoms with E-state index < -0.39 is 65.5 Å². The minimum Gasteiger partial charge on any atom is -0.494 e. The number of methoxy groups -OCH3 is 4. The summed E-state index contributed by atoms with van der Waals surface area (Å²) in [4.78, 5) is 24.8. The Morgan fingerprint density at radius 1 is 0.577 bits per heavy atom. The summed E-state index contributed by atoms with van der Waals surface area (Å²) in [6.07, 6.45) is 4.60. The second-order valence-corrected chi connectivity index (χ2v) is 23.2. The predicted octanol–water partition coefficient (Wildman–Crippen LogP) is 7.79. The predicted molar refractivity (Wildman–Crippen MR) is 287 cm³/mol. The lowest BCUT2D eigenvalue weighted by Crippen LogP contribution is -2.31. The summed E-state index contributed by atoms with van der Waals surface area (Å²) in [7, 11) is -1.98. The SMILES string of the molecule is C=CCO[C@@H](c1ncc(F)cn1)[C@@H](C)S(=O)(=O)Cc1nnc(-c2nc(C)cs2)n1-c1c(OC)cccc1OC.C=CCO[C@H](c1ncc(F)cn1)[C@H](C)S(=O)(=O)Cc1nnc(-c2nc(C)cs2)n1-c1c(OC)cccc1OC. The van der Waals surface area contributed by atoms with Gasteiger partial charge in [-0.05, 0) is 52.0 Å². The Labute approximate surface area is 456 Å². The number of nitrogens with zero attached hydrogens (tertiary/aromatic N) is 12. The van der Waals surface area contributed by atoms with Gasteiger partial charge in [0, 0.05) is 22.1 Å². The molecule has 0 aliphatic heterocycles. The molecule has 6 aromatic heterocycles. The lowest BCUT2D eigenvalue weighted by molar-refractivity contribution is 0.0666. The van der Waals surface area contributed by atoms with Crippen LogP contribution in [-0.4, -0.2) is 128 Å². The summed E-state index contributed by atoms with van der Waals surface area (Å²) in [6.45, 7) is 13.9. The van der Waals surface area contributed by atoms with Crippen molar-refractivity contribution < 1.29 is 54.0 Å². The number of thiazole rings is 2. The number of para-hydroxylation sites is 2. The molecule has 412 valence electrons. The first kappa shape index (κ1) is 58.2. The summed E-state index contributed by atoms with van der Waals surface area (Å²) >= 11 is 2.69. The molecule has 0 spiro atoms. The molecule has 0 radical (unpaired) electrons. The number of hydrogen-bond acceptors (Lipinski definition) is 22. The Kier molecular flexibility index (Phi) is 19.2. The molecule has 2 aromatic carbocycles. The van der Waals surface area contributed by atoms with Gasteiger partial charge < -0.3 is 28.4 Å². The van der Waals surface area contributed by atoms with E-state index in [-0.39, 0.29) is 36.5 Å². The largest absolute Gasteiger partial charge is 0.494 e. The second-order valence-electron chi connectivity index (χ2n) is 16.8. The van der Waals surface area contributed by atoms with Crippen LogP contribution in [0.5, 0.6) is 23.0 Å². The van der Waals surface area contributed by atoms with Gasteiger partial charge in [0.25, 0.3) is 0 Å². The number of sulfone groups is 2. The molecule has 0 unspecified atom stereocenters. The monoisotopic (exact) mass is 1150 g/mol. The molecule has 0 fully saturated rings. The molecule has 0 amide bonds. The van der Waals surface area contributed by atoms with Crippen molar-refractivity contribution in [3.63, 3.8) is 0 Å². The third-order valence-electron chi connectivity index (χ3n) is 11.6. The zero-order chi connectivity index (χ0) is 56.3. The molecule has 78 heavy (non-hydrogen) atoms. The van der Waals surface area contributed by atoms with E-state index in [9.17, 15) is 25.6 Å². The average molecular weight is 1150 g/mol. The van der Waals surface area contributed by atoms with Crippen LogP contribution in [0.4, 0.5) is 8.78 Å². The quantitative estimate of drug-likeness (QED) is 0.0523. The fourth-order valence-corrected chi connectivity index (χ4v) is 12.0. The topological polar surface area (TPSA) is 262 Å². The van der Waals surface area contributed by atoms with Crippen LogP contribution in [0.3, 0.4) is 0 Å². The molecule has 0 saturated heterocycles. The number of ether oxygens (including phenoxy) is 6. The van der Waals surface area contributed by atoms with Crippen molar-refractivity contribution in [3.05, 3.63) is 144 Å². The van der Waals surface area contributed by atoms with Gasteiger partial charge in [0.1, 0.15) is 58.1 Å². The highest BCUT2D eigenvalue weighted by molar-refractivity contribution is 7.91. The van der Waals surface area contributed by atoms with E-state index in [4.69, 9.17) is 28.4 Å². The molecule has 28 heteroatoms. The van der Waals surface area contributed by atoms with Crippen LogP contribution in [0, 0.1) is 25.5 Å². The van der Waals surface area contributed by atoms with Crippen LogP contribution in [-0.2, 0) is 40.7 Å². The maximum absolute atomic E-state index is 13.8. The van der Waals surface area contributed by atoms with Gasteiger partial charge in [0.2, 0.25) is 0 Å². The van der Waals surface area contributed by atoms with Crippen LogP contribution in [0.2, 0.25) is 0 Å². The van der Waals surface area contributed by atoms with Crippen molar-refractivity contribution in [2.24, 2.45) is 0 Å². The summed E-state index contributed by atoms with van der Waals surface area (Å²) in [5, 5.41) is 19.6. The van der Waals surface area contributed by atoms with Crippen molar-refractivity contribution in [3.8, 4) is 56.0 Å². The molecule has 0 aliphatic rings. The van der Waals surface area contributed by atoms with Crippen LogP contribution >= 0.6 is 22.7 Å². The number of aryl methyl sites for hydroxylation is 2. The van der Waals surface area contributed by atoms with Gasteiger partial charge in [0.05, 0.1) is 76.9 Å². The molecule has 22 nitrogen and oxygen atoms in total. The van der Waals surface area contributed by atoms with Gasteiger partial charge in [-0.1, -0.05) is 24.3 Å². The standard InChI is InChI=1S/2C25H27FN6O5S2/c2*1-6-10-37-22(23-27-11-17(26)12-28-23)16(3)39(33,34)14-20-30-31-24(25-29-15(2)13-38-25)32(20)21-18(35-4)8-7-9-19(21)36-5/h2*6-9,11-13,16,22H,1,10,14H2,2-5H3/t2*16-,22-/m10/s1. The van der Waals surface area contributed by atoms with Crippen molar-refractivity contribution in [2.75, 3.05) is 41.7 Å². The normalized spacial score (nSPS) is 13.2. The first-order valence-corrected chi connectivity index (χ1v) is 28.6. The maximum Gasteiger partial charge on any atom is 0.197 e. The highest BCUT2D eigenvalue weighted by atomic mass is 32.2. The zero-order valence-electron chi connectivity index (χ0n) is 43.5. The van der Waals surface area contributed by atoms with Crippen LogP contribution in [0.1, 0.15) is 60.7 Å². The average Bonchev–Trinajstić information content (AvgIpc) is 4.33. The first-order valence-electron chi connectivity index (χ1n) is 23.4. The molecule has 4 atom stereocenters. The first-order chi connectivity index (χ1) is 37.4. The van der Waals surface area contributed by atoms with E-state index in [1.807, 2.05) is 24.6 Å². The molecule has 0 bridgehead atoms. The van der Waals surface area contributed by atoms with Crippen LogP contribution < -0.4 is 18.9 Å². The third-order valence-corrected chi connectivity index (χ3v) is 17.5. The Bertz CT molecular complexity index is 3300. The number of hydrogen-bond donors (Lipinski definition) is 0. The number of aromatic nitrogens is 12. The lowest BCUT2D eigenvalue weighted by atomic mass is 10.2. The molecule has 8 rings (SSSR count). The summed E-state index contributed by atoms with van der Waals surface area (Å²) in [6, 6.07) is 10.4. The Hall–Kier alpha value is -7.50. The molecule has 0 aliphatic carbocycles. The van der Waals surface area contributed by atoms with Gasteiger partial charge in [-0.3, -0.25) is 9.13 Å². The Morgan fingerprint density at radius 2 is 0.910 bits per heavy atom. The maximum atomic E-state index is 13.8. The van der Waals surface area contributed by atoms with E-state index in [1.165, 1.54) is 77.1 Å². The van der Waals surface area contributed by atoms with Crippen molar-refractivity contribution in [1.82, 2.24) is 59.4 Å². The number of benzene rings is 2. The highest BCUT2D eigenvalue weighted by Gasteiger charge is 2.38.